The van der Waals surface area contributed by atoms with Gasteiger partial charge in [-0.05, 0) is 67.4 Å². The minimum absolute atomic E-state index is 0.0600. The zero-order chi connectivity index (χ0) is 30.5. The molecule has 0 aromatic heterocycles. The number of nitrogens with two attached hydrogens (primary N) is 1. The maximum Gasteiger partial charge on any atom is 0.352 e. The molecule has 4 aromatic carbocycles. The number of nitriles is 1. The van der Waals surface area contributed by atoms with Gasteiger partial charge in [0.15, 0.2) is 17.6 Å². The van der Waals surface area contributed by atoms with Gasteiger partial charge in [0.05, 0.1) is 13.0 Å². The van der Waals surface area contributed by atoms with E-state index >= 15 is 0 Å². The molecular formula is C34H29FN2O6. The number of esters is 1. The van der Waals surface area contributed by atoms with Crippen LogP contribution in [0.25, 0.3) is 0 Å². The Morgan fingerprint density at radius 3 is 2.42 bits per heavy atom. The van der Waals surface area contributed by atoms with Gasteiger partial charge in [0, 0.05) is 11.6 Å². The molecule has 218 valence electrons. The summed E-state index contributed by atoms with van der Waals surface area (Å²) in [7, 11) is 1.55. The second-order valence-corrected chi connectivity index (χ2v) is 9.94. The van der Waals surface area contributed by atoms with Gasteiger partial charge >= 0.3 is 5.97 Å². The lowest BCUT2D eigenvalue weighted by molar-refractivity contribution is -0.141. The first kappa shape index (κ1) is 29.0. The van der Waals surface area contributed by atoms with E-state index in [0.29, 0.717) is 35.2 Å². The Kier molecular flexibility index (Phi) is 8.49. The third-order valence-corrected chi connectivity index (χ3v) is 6.90. The monoisotopic (exact) mass is 580 g/mol. The first-order valence-corrected chi connectivity index (χ1v) is 13.5. The van der Waals surface area contributed by atoms with Crippen molar-refractivity contribution < 1.29 is 32.9 Å². The number of methoxy groups -OCH3 is 1. The van der Waals surface area contributed by atoms with Gasteiger partial charge in [0.2, 0.25) is 5.88 Å². The molecule has 9 heteroatoms. The third kappa shape index (κ3) is 6.54. The van der Waals surface area contributed by atoms with E-state index in [1.54, 1.807) is 31.4 Å². The lowest BCUT2D eigenvalue weighted by Crippen LogP contribution is -2.28. The molecule has 0 radical (unpaired) electrons. The number of hydrogen-bond acceptors (Lipinski definition) is 8. The highest BCUT2D eigenvalue weighted by Crippen LogP contribution is 2.45. The SMILES string of the molecule is COc1cc(C2C(C#N)=C(N)Oc3cc(OC(=O)C(C)Oc4ccc(F)cc4)ccc32)ccc1OCc1ccc(C)cc1. The number of hydrogen-bond donors (Lipinski definition) is 1. The van der Waals surface area contributed by atoms with Crippen molar-refractivity contribution in [2.24, 2.45) is 5.73 Å². The molecule has 1 heterocycles. The standard InChI is InChI=1S/C34H29FN2O6/c1-20-4-6-22(7-5-20)19-40-29-15-8-23(16-31(29)39-3)32-27-14-13-26(17-30(27)43-33(37)28(32)18-36)42-34(38)21(2)41-25-11-9-24(35)10-12-25/h4-17,21,32H,19,37H2,1-3H3. The molecule has 43 heavy (non-hydrogen) atoms. The average molecular weight is 581 g/mol. The molecule has 4 aromatic rings. The molecule has 5 rings (SSSR count). The molecule has 1 aliphatic heterocycles. The van der Waals surface area contributed by atoms with Crippen LogP contribution in [-0.4, -0.2) is 19.2 Å². The normalized spacial score (nSPS) is 14.5. The number of ether oxygens (including phenoxy) is 5. The van der Waals surface area contributed by atoms with E-state index in [-0.39, 0.29) is 17.2 Å². The first-order chi connectivity index (χ1) is 20.7. The van der Waals surface area contributed by atoms with Gasteiger partial charge in [-0.1, -0.05) is 42.0 Å². The smallest absolute Gasteiger partial charge is 0.352 e. The third-order valence-electron chi connectivity index (χ3n) is 6.90. The molecule has 8 nitrogen and oxygen atoms in total. The predicted octanol–water partition coefficient (Wildman–Crippen LogP) is 6.31. The van der Waals surface area contributed by atoms with Crippen LogP contribution in [0.2, 0.25) is 0 Å². The summed E-state index contributed by atoms with van der Waals surface area (Å²) in [6.07, 6.45) is -0.968. The van der Waals surface area contributed by atoms with Crippen molar-refractivity contribution in [3.63, 3.8) is 0 Å². The number of rotatable bonds is 9. The van der Waals surface area contributed by atoms with E-state index in [1.807, 2.05) is 37.3 Å². The van der Waals surface area contributed by atoms with E-state index < -0.39 is 23.8 Å². The number of carbonyl (C=O) groups is 1. The maximum absolute atomic E-state index is 13.2. The molecule has 2 unspecified atom stereocenters. The van der Waals surface area contributed by atoms with Gasteiger partial charge in [-0.3, -0.25) is 0 Å². The number of nitrogens with zero attached hydrogens (tertiary/aromatic N) is 1. The summed E-state index contributed by atoms with van der Waals surface area (Å²) in [5.74, 6) is 0.191. The summed E-state index contributed by atoms with van der Waals surface area (Å²) in [4.78, 5) is 12.7. The van der Waals surface area contributed by atoms with Gasteiger partial charge in [-0.25, -0.2) is 9.18 Å². The Morgan fingerprint density at radius 2 is 1.72 bits per heavy atom. The van der Waals surface area contributed by atoms with Crippen molar-refractivity contribution in [2.75, 3.05) is 7.11 Å². The number of fused-ring (bicyclic) bond motifs is 1. The van der Waals surface area contributed by atoms with Gasteiger partial charge < -0.3 is 29.4 Å². The fraction of sp³-hybridized carbons (Fsp3) is 0.176. The second-order valence-electron chi connectivity index (χ2n) is 9.94. The summed E-state index contributed by atoms with van der Waals surface area (Å²) in [6.45, 7) is 3.91. The van der Waals surface area contributed by atoms with Crippen LogP contribution >= 0.6 is 0 Å². The van der Waals surface area contributed by atoms with Crippen LogP contribution in [0, 0.1) is 24.1 Å². The van der Waals surface area contributed by atoms with Crippen LogP contribution in [0.5, 0.6) is 28.7 Å². The molecule has 2 atom stereocenters. The predicted molar refractivity (Wildman–Crippen MR) is 156 cm³/mol. The van der Waals surface area contributed by atoms with E-state index in [0.717, 1.165) is 11.1 Å². The van der Waals surface area contributed by atoms with Crippen LogP contribution in [0.15, 0.2) is 96.4 Å². The van der Waals surface area contributed by atoms with E-state index in [1.165, 1.54) is 42.8 Å². The molecule has 0 saturated heterocycles. The molecule has 0 fully saturated rings. The highest BCUT2D eigenvalue weighted by Gasteiger charge is 2.32. The summed E-state index contributed by atoms with van der Waals surface area (Å²) < 4.78 is 41.7. The lowest BCUT2D eigenvalue weighted by atomic mass is 9.83. The number of halogens is 1. The maximum atomic E-state index is 13.2. The zero-order valence-corrected chi connectivity index (χ0v) is 23.8. The summed E-state index contributed by atoms with van der Waals surface area (Å²) >= 11 is 0. The van der Waals surface area contributed by atoms with Crippen molar-refractivity contribution >= 4 is 5.97 Å². The molecule has 1 aliphatic rings. The van der Waals surface area contributed by atoms with Gasteiger partial charge in [0.1, 0.15) is 41.3 Å². The topological polar surface area (TPSA) is 113 Å². The van der Waals surface area contributed by atoms with Crippen molar-refractivity contribution in [1.82, 2.24) is 0 Å². The molecule has 0 bridgehead atoms. The Morgan fingerprint density at radius 1 is 1.00 bits per heavy atom. The lowest BCUT2D eigenvalue weighted by Gasteiger charge is -2.27. The molecule has 0 aliphatic carbocycles. The quantitative estimate of drug-likeness (QED) is 0.181. The molecular weight excluding hydrogens is 551 g/mol. The number of aryl methyl sites for hydroxylation is 1. The summed E-state index contributed by atoms with van der Waals surface area (Å²) in [6, 6.07) is 25.8. The fourth-order valence-corrected chi connectivity index (χ4v) is 4.64. The van der Waals surface area contributed by atoms with Crippen molar-refractivity contribution in [3.05, 3.63) is 124 Å². The van der Waals surface area contributed by atoms with Crippen LogP contribution in [0.4, 0.5) is 4.39 Å². The number of allylic oxidation sites excluding steroid dienone is 1. The summed E-state index contributed by atoms with van der Waals surface area (Å²) in [5, 5.41) is 9.97. The van der Waals surface area contributed by atoms with Crippen LogP contribution < -0.4 is 29.4 Å². The highest BCUT2D eigenvalue weighted by molar-refractivity contribution is 5.77. The van der Waals surface area contributed by atoms with Crippen LogP contribution in [0.1, 0.15) is 35.1 Å². The highest BCUT2D eigenvalue weighted by atomic mass is 19.1. The minimum atomic E-state index is -0.968. The Labute approximate surface area is 248 Å². The molecule has 0 spiro atoms. The molecule has 2 N–H and O–H groups in total. The van der Waals surface area contributed by atoms with E-state index in [2.05, 4.69) is 6.07 Å². The van der Waals surface area contributed by atoms with E-state index in [9.17, 15) is 14.4 Å². The zero-order valence-electron chi connectivity index (χ0n) is 23.8. The first-order valence-electron chi connectivity index (χ1n) is 13.5. The minimum Gasteiger partial charge on any atom is -0.493 e. The average Bonchev–Trinajstić information content (AvgIpc) is 3.01. The van der Waals surface area contributed by atoms with Gasteiger partial charge in [-0.2, -0.15) is 5.26 Å². The number of carbonyl (C=O) groups excluding carboxylic acids is 1. The van der Waals surface area contributed by atoms with Crippen molar-refractivity contribution in [3.8, 4) is 34.8 Å². The Bertz CT molecular complexity index is 1710. The van der Waals surface area contributed by atoms with Crippen LogP contribution in [0.3, 0.4) is 0 Å². The van der Waals surface area contributed by atoms with Crippen molar-refractivity contribution in [2.45, 2.75) is 32.5 Å². The van der Waals surface area contributed by atoms with Gasteiger partial charge in [0.25, 0.3) is 0 Å². The second kappa shape index (κ2) is 12.6. The van der Waals surface area contributed by atoms with Crippen molar-refractivity contribution in [1.29, 1.82) is 5.26 Å². The van der Waals surface area contributed by atoms with Gasteiger partial charge in [-0.15, -0.1) is 0 Å². The van der Waals surface area contributed by atoms with Crippen LogP contribution in [-0.2, 0) is 11.4 Å². The summed E-state index contributed by atoms with van der Waals surface area (Å²) in [5.41, 5.74) is 9.97. The molecule has 0 amide bonds. The number of benzene rings is 4. The van der Waals surface area contributed by atoms with E-state index in [4.69, 9.17) is 29.4 Å². The Hall–Kier alpha value is -5.49. The Balaban J connectivity index is 1.36. The largest absolute Gasteiger partial charge is 0.493 e. The fourth-order valence-electron chi connectivity index (χ4n) is 4.64. The molecule has 0 saturated carbocycles.